The maximum atomic E-state index is 13.6. The van der Waals surface area contributed by atoms with Crippen LogP contribution < -0.4 is 0 Å². The summed E-state index contributed by atoms with van der Waals surface area (Å²) < 4.78 is 172. The van der Waals surface area contributed by atoms with Gasteiger partial charge in [0.05, 0.1) is 18.9 Å². The first kappa shape index (κ1) is 26.8. The molecule has 0 aromatic rings. The smallest absolute Gasteiger partial charge is 0.460 e. The van der Waals surface area contributed by atoms with Crippen LogP contribution in [0.5, 0.6) is 0 Å². The van der Waals surface area contributed by atoms with Crippen molar-refractivity contribution in [1.29, 1.82) is 0 Å². The van der Waals surface area contributed by atoms with E-state index in [1.54, 1.807) is 0 Å². The van der Waals surface area contributed by atoms with Gasteiger partial charge >= 0.3 is 41.8 Å². The fourth-order valence-electron chi connectivity index (χ4n) is 2.05. The second-order valence-corrected chi connectivity index (χ2v) is 6.10. The average molecular weight is 482 g/mol. The highest BCUT2D eigenvalue weighted by molar-refractivity contribution is 5.76. The van der Waals surface area contributed by atoms with Crippen LogP contribution in [0.2, 0.25) is 0 Å². The summed E-state index contributed by atoms with van der Waals surface area (Å²) in [6.45, 7) is -1.77. The van der Waals surface area contributed by atoms with E-state index in [1.165, 1.54) is 24.3 Å². The number of carbonyl (C=O) groups is 1. The van der Waals surface area contributed by atoms with Gasteiger partial charge in [-0.15, -0.1) is 0 Å². The zero-order chi connectivity index (χ0) is 24.5. The summed E-state index contributed by atoms with van der Waals surface area (Å²) in [4.78, 5) is 11.6. The monoisotopic (exact) mass is 482 g/mol. The van der Waals surface area contributed by atoms with Gasteiger partial charge in [0.1, 0.15) is 0 Å². The third-order valence-electron chi connectivity index (χ3n) is 3.90. The molecule has 0 amide bonds. The molecule has 15 heteroatoms. The number of halogens is 13. The molecule has 0 N–H and O–H groups in total. The lowest BCUT2D eigenvalue weighted by atomic mass is 9.93. The van der Waals surface area contributed by atoms with Gasteiger partial charge in [-0.3, -0.25) is 4.79 Å². The molecule has 1 rings (SSSR count). The quantitative estimate of drug-likeness (QED) is 0.316. The standard InChI is InChI=1S/C16H11F13O2/c17-11(18,7-8-31-10(30)9-5-3-1-2-4-6-9)12(19,20)13(21,22)14(23,24)15(25,26)16(27,28)29/h1-6,9H,7-8H2. The number of carbonyl (C=O) groups excluding carboxylic acids is 1. The molecule has 0 fully saturated rings. The largest absolute Gasteiger partial charge is 0.465 e. The molecular formula is C16H11F13O2. The van der Waals surface area contributed by atoms with Gasteiger partial charge in [-0.2, -0.15) is 57.1 Å². The highest BCUT2D eigenvalue weighted by atomic mass is 19.4. The van der Waals surface area contributed by atoms with Crippen molar-refractivity contribution in [2.75, 3.05) is 6.61 Å². The lowest BCUT2D eigenvalue weighted by Gasteiger charge is -2.39. The van der Waals surface area contributed by atoms with E-state index in [0.29, 0.717) is 0 Å². The van der Waals surface area contributed by atoms with Crippen LogP contribution in [0.3, 0.4) is 0 Å². The Hall–Kier alpha value is -2.22. The highest BCUT2D eigenvalue weighted by Crippen LogP contribution is 2.60. The lowest BCUT2D eigenvalue weighted by Crippen LogP contribution is -2.70. The minimum Gasteiger partial charge on any atom is -0.465 e. The van der Waals surface area contributed by atoms with Crippen molar-refractivity contribution in [1.82, 2.24) is 0 Å². The molecule has 0 aliphatic heterocycles. The molecule has 178 valence electrons. The molecule has 0 heterocycles. The van der Waals surface area contributed by atoms with Crippen molar-refractivity contribution >= 4 is 5.97 Å². The Balaban J connectivity index is 3.02. The molecule has 0 radical (unpaired) electrons. The first-order chi connectivity index (χ1) is 13.7. The van der Waals surface area contributed by atoms with E-state index < -0.39 is 60.7 Å². The highest BCUT2D eigenvalue weighted by Gasteiger charge is 2.90. The molecule has 1 aliphatic rings. The van der Waals surface area contributed by atoms with Crippen molar-refractivity contribution in [3.63, 3.8) is 0 Å². The summed E-state index contributed by atoms with van der Waals surface area (Å²) >= 11 is 0. The summed E-state index contributed by atoms with van der Waals surface area (Å²) in [6, 6.07) is 0. The van der Waals surface area contributed by atoms with E-state index in [-0.39, 0.29) is 0 Å². The van der Waals surface area contributed by atoms with Crippen molar-refractivity contribution in [2.45, 2.75) is 42.2 Å². The van der Waals surface area contributed by atoms with Crippen LogP contribution in [-0.4, -0.2) is 48.4 Å². The van der Waals surface area contributed by atoms with Crippen LogP contribution in [0.15, 0.2) is 36.5 Å². The van der Waals surface area contributed by atoms with Crippen molar-refractivity contribution in [3.05, 3.63) is 36.5 Å². The van der Waals surface area contributed by atoms with Gasteiger partial charge in [0.2, 0.25) is 0 Å². The molecular weight excluding hydrogens is 471 g/mol. The Kier molecular flexibility index (Phi) is 7.24. The first-order valence-electron chi connectivity index (χ1n) is 7.88. The number of hydrogen-bond donors (Lipinski definition) is 0. The number of allylic oxidation sites excluding steroid dienone is 4. The minimum atomic E-state index is -7.95. The molecule has 0 unspecified atom stereocenters. The summed E-state index contributed by atoms with van der Waals surface area (Å²) in [7, 11) is 0. The second-order valence-electron chi connectivity index (χ2n) is 6.10. The lowest BCUT2D eigenvalue weighted by molar-refractivity contribution is -0.440. The SMILES string of the molecule is O=C(OCCC(F)(F)C(F)(F)C(F)(F)C(F)(F)C(F)(F)C(F)(F)F)C1C=CC=CC=C1. The number of hydrogen-bond acceptors (Lipinski definition) is 2. The fourth-order valence-corrected chi connectivity index (χ4v) is 2.05. The summed E-state index contributed by atoms with van der Waals surface area (Å²) in [5.74, 6) is -39.8. The number of rotatable bonds is 8. The molecule has 31 heavy (non-hydrogen) atoms. The zero-order valence-corrected chi connectivity index (χ0v) is 14.7. The topological polar surface area (TPSA) is 26.3 Å². The third-order valence-corrected chi connectivity index (χ3v) is 3.90. The van der Waals surface area contributed by atoms with Crippen LogP contribution in [0, 0.1) is 5.92 Å². The van der Waals surface area contributed by atoms with Gasteiger partial charge in [0, 0.05) is 0 Å². The Morgan fingerprint density at radius 2 is 1.06 bits per heavy atom. The van der Waals surface area contributed by atoms with Crippen LogP contribution in [-0.2, 0) is 9.53 Å². The van der Waals surface area contributed by atoms with Crippen molar-refractivity contribution in [2.24, 2.45) is 5.92 Å². The van der Waals surface area contributed by atoms with Crippen LogP contribution in [0.4, 0.5) is 57.1 Å². The van der Waals surface area contributed by atoms with E-state index in [9.17, 15) is 61.9 Å². The van der Waals surface area contributed by atoms with Crippen LogP contribution in [0.1, 0.15) is 6.42 Å². The molecule has 0 aromatic carbocycles. The third kappa shape index (κ3) is 4.68. The Morgan fingerprint density at radius 1 is 0.645 bits per heavy atom. The molecule has 0 spiro atoms. The molecule has 0 saturated carbocycles. The Bertz CT molecular complexity index is 731. The van der Waals surface area contributed by atoms with Gasteiger partial charge in [0.25, 0.3) is 0 Å². The van der Waals surface area contributed by atoms with E-state index in [0.717, 1.165) is 12.2 Å². The normalized spacial score (nSPS) is 17.1. The van der Waals surface area contributed by atoms with Crippen LogP contribution in [0.25, 0.3) is 0 Å². The van der Waals surface area contributed by atoms with E-state index in [2.05, 4.69) is 4.74 Å². The van der Waals surface area contributed by atoms with Gasteiger partial charge in [-0.1, -0.05) is 36.5 Å². The number of alkyl halides is 13. The first-order valence-corrected chi connectivity index (χ1v) is 7.88. The van der Waals surface area contributed by atoms with Gasteiger partial charge < -0.3 is 4.74 Å². The molecule has 0 atom stereocenters. The van der Waals surface area contributed by atoms with Crippen LogP contribution >= 0.6 is 0 Å². The molecule has 2 nitrogen and oxygen atoms in total. The Morgan fingerprint density at radius 3 is 1.48 bits per heavy atom. The van der Waals surface area contributed by atoms with Gasteiger partial charge in [-0.05, 0) is 0 Å². The van der Waals surface area contributed by atoms with Gasteiger partial charge in [0.15, 0.2) is 0 Å². The predicted molar refractivity (Wildman–Crippen MR) is 77.3 cm³/mol. The second kappa shape index (κ2) is 8.37. The number of esters is 1. The molecule has 1 aliphatic carbocycles. The maximum absolute atomic E-state index is 13.6. The van der Waals surface area contributed by atoms with Gasteiger partial charge in [-0.25, -0.2) is 0 Å². The summed E-state index contributed by atoms with van der Waals surface area (Å²) in [5, 5.41) is 0. The average Bonchev–Trinajstić information content (AvgIpc) is 2.89. The molecule has 0 aromatic heterocycles. The zero-order valence-electron chi connectivity index (χ0n) is 14.7. The minimum absolute atomic E-state index is 1.14. The van der Waals surface area contributed by atoms with Crippen molar-refractivity contribution in [3.8, 4) is 0 Å². The van der Waals surface area contributed by atoms with E-state index >= 15 is 0 Å². The fraction of sp³-hybridized carbons (Fsp3) is 0.562. The Labute approximate surface area is 165 Å². The predicted octanol–water partition coefficient (Wildman–Crippen LogP) is 5.96. The molecule has 0 saturated heterocycles. The molecule has 0 bridgehead atoms. The maximum Gasteiger partial charge on any atom is 0.460 e. The van der Waals surface area contributed by atoms with E-state index in [4.69, 9.17) is 0 Å². The van der Waals surface area contributed by atoms with Crippen molar-refractivity contribution < 1.29 is 66.6 Å². The van der Waals surface area contributed by atoms with E-state index in [1.807, 2.05) is 0 Å². The summed E-state index contributed by atoms with van der Waals surface area (Å²) in [5.41, 5.74) is 0. The summed E-state index contributed by atoms with van der Waals surface area (Å²) in [6.07, 6.45) is -2.36. The number of ether oxygens (including phenoxy) is 1.